The van der Waals surface area contributed by atoms with Crippen molar-refractivity contribution in [1.82, 2.24) is 19.5 Å². The van der Waals surface area contributed by atoms with E-state index in [2.05, 4.69) is 15.4 Å². The van der Waals surface area contributed by atoms with Crippen LogP contribution in [0.2, 0.25) is 0 Å². The van der Waals surface area contributed by atoms with Crippen molar-refractivity contribution in [1.29, 1.82) is 0 Å². The van der Waals surface area contributed by atoms with Gasteiger partial charge < -0.3 is 10.2 Å². The smallest absolute Gasteiger partial charge is 0.275 e. The van der Waals surface area contributed by atoms with Crippen LogP contribution in [-0.2, 0) is 4.79 Å². The Morgan fingerprint density at radius 2 is 1.91 bits per heavy atom. The van der Waals surface area contributed by atoms with Gasteiger partial charge in [0.25, 0.3) is 11.5 Å². The number of nitrogens with zero attached hydrogens (tertiary/aromatic N) is 3. The van der Waals surface area contributed by atoms with Gasteiger partial charge >= 0.3 is 0 Å². The number of piperidine rings is 1. The number of H-pyrrole nitrogens is 1. The highest BCUT2D eigenvalue weighted by molar-refractivity contribution is 6.04. The van der Waals surface area contributed by atoms with Crippen LogP contribution in [0.15, 0.2) is 35.1 Å². The van der Waals surface area contributed by atoms with Gasteiger partial charge in [-0.2, -0.15) is 0 Å². The molecular formula is C24H27N5O3. The van der Waals surface area contributed by atoms with Gasteiger partial charge in [-0.3, -0.25) is 19.5 Å². The third-order valence-electron chi connectivity index (χ3n) is 6.59. The number of hydrogen-bond acceptors (Lipinski definition) is 4. The summed E-state index contributed by atoms with van der Waals surface area (Å²) in [5, 5.41) is 6.12. The Kier molecular flexibility index (Phi) is 5.07. The van der Waals surface area contributed by atoms with Crippen LogP contribution >= 0.6 is 0 Å². The van der Waals surface area contributed by atoms with E-state index in [1.54, 1.807) is 19.1 Å². The highest BCUT2D eigenvalue weighted by atomic mass is 16.2. The van der Waals surface area contributed by atoms with Crippen molar-refractivity contribution in [3.63, 3.8) is 0 Å². The number of aryl methyl sites for hydroxylation is 1. The van der Waals surface area contributed by atoms with E-state index in [1.807, 2.05) is 30.0 Å². The van der Waals surface area contributed by atoms with Gasteiger partial charge in [0.15, 0.2) is 5.65 Å². The van der Waals surface area contributed by atoms with Gasteiger partial charge in [0.1, 0.15) is 0 Å². The van der Waals surface area contributed by atoms with Gasteiger partial charge in [0.2, 0.25) is 5.91 Å². The van der Waals surface area contributed by atoms with Crippen molar-refractivity contribution in [2.24, 2.45) is 5.92 Å². The lowest BCUT2D eigenvalue weighted by Gasteiger charge is -2.35. The lowest BCUT2D eigenvalue weighted by atomic mass is 9.98. The van der Waals surface area contributed by atoms with Crippen LogP contribution in [0.5, 0.6) is 0 Å². The molecule has 1 saturated heterocycles. The molecule has 1 aromatic carbocycles. The number of aromatic amines is 1. The first kappa shape index (κ1) is 20.5. The average Bonchev–Trinajstić information content (AvgIpc) is 3.57. The molecule has 8 heteroatoms. The van der Waals surface area contributed by atoms with E-state index in [9.17, 15) is 14.4 Å². The van der Waals surface area contributed by atoms with Gasteiger partial charge in [-0.1, -0.05) is 12.1 Å². The highest BCUT2D eigenvalue weighted by Gasteiger charge is 2.33. The third kappa shape index (κ3) is 3.59. The van der Waals surface area contributed by atoms with Gasteiger partial charge in [-0.05, 0) is 58.1 Å². The summed E-state index contributed by atoms with van der Waals surface area (Å²) in [5.74, 6) is -0.0788. The number of anilines is 1. The Balaban J connectivity index is 1.49. The molecular weight excluding hydrogens is 406 g/mol. The Bertz CT molecular complexity index is 1270. The van der Waals surface area contributed by atoms with Crippen molar-refractivity contribution in [2.45, 2.75) is 52.0 Å². The second-order valence-electron chi connectivity index (χ2n) is 8.85. The van der Waals surface area contributed by atoms with E-state index in [4.69, 9.17) is 0 Å². The maximum atomic E-state index is 13.6. The topological polar surface area (TPSA) is 99.6 Å². The molecule has 32 heavy (non-hydrogen) atoms. The van der Waals surface area contributed by atoms with Gasteiger partial charge in [0.05, 0.1) is 23.0 Å². The number of aromatic nitrogens is 3. The molecule has 166 valence electrons. The Morgan fingerprint density at radius 1 is 1.12 bits per heavy atom. The first-order valence-electron chi connectivity index (χ1n) is 11.2. The number of carbonyl (C=O) groups excluding carboxylic acids is 2. The number of benzene rings is 1. The van der Waals surface area contributed by atoms with Crippen LogP contribution in [-0.4, -0.2) is 37.9 Å². The fraction of sp³-hybridized carbons (Fsp3) is 0.417. The zero-order valence-electron chi connectivity index (χ0n) is 18.4. The molecule has 1 aliphatic carbocycles. The summed E-state index contributed by atoms with van der Waals surface area (Å²) in [6.45, 7) is 4.21. The molecule has 0 unspecified atom stereocenters. The van der Waals surface area contributed by atoms with E-state index in [0.29, 0.717) is 34.7 Å². The molecule has 1 aliphatic heterocycles. The first-order valence-corrected chi connectivity index (χ1v) is 11.2. The predicted octanol–water partition coefficient (Wildman–Crippen LogP) is 3.36. The Morgan fingerprint density at radius 3 is 2.69 bits per heavy atom. The lowest BCUT2D eigenvalue weighted by Crippen LogP contribution is -2.39. The molecule has 3 heterocycles. The number of amides is 2. The molecule has 5 rings (SSSR count). The fourth-order valence-corrected chi connectivity index (χ4v) is 4.42. The molecule has 2 amide bonds. The maximum absolute atomic E-state index is 13.6. The standard InChI is InChI=1S/C24H27N5O3/c1-14-15(2)25-21-13-19(27-29(21)23(14)31)20-9-5-6-12-28(20)24(32)17-7-3-4-8-18(17)26-22(30)16-10-11-16/h3-4,7-8,13,16,20,27H,5-6,9-12H2,1-2H3,(H,26,30)/t20-/m0/s1. The van der Waals surface area contributed by atoms with Crippen molar-refractivity contribution >= 4 is 23.1 Å². The molecule has 2 aromatic heterocycles. The minimum absolute atomic E-state index is 0.0211. The molecule has 0 bridgehead atoms. The van der Waals surface area contributed by atoms with Gasteiger partial charge in [-0.15, -0.1) is 0 Å². The number of fused-ring (bicyclic) bond motifs is 1. The number of carbonyl (C=O) groups is 2. The monoisotopic (exact) mass is 433 g/mol. The second-order valence-corrected chi connectivity index (χ2v) is 8.85. The zero-order chi connectivity index (χ0) is 22.4. The van der Waals surface area contributed by atoms with Crippen molar-refractivity contribution in [3.8, 4) is 0 Å². The van der Waals surface area contributed by atoms with Gasteiger partial charge in [-0.25, -0.2) is 9.50 Å². The molecule has 8 nitrogen and oxygen atoms in total. The minimum atomic E-state index is -0.190. The predicted molar refractivity (Wildman–Crippen MR) is 121 cm³/mol. The number of nitrogens with one attached hydrogen (secondary N) is 2. The molecule has 1 atom stereocenters. The summed E-state index contributed by atoms with van der Waals surface area (Å²) >= 11 is 0. The normalized spacial score (nSPS) is 18.7. The van der Waals surface area contributed by atoms with E-state index in [0.717, 1.165) is 37.8 Å². The van der Waals surface area contributed by atoms with Crippen molar-refractivity contribution in [2.75, 3.05) is 11.9 Å². The molecule has 0 radical (unpaired) electrons. The van der Waals surface area contributed by atoms with Crippen molar-refractivity contribution in [3.05, 3.63) is 63.2 Å². The Hall–Kier alpha value is -3.42. The van der Waals surface area contributed by atoms with E-state index >= 15 is 0 Å². The lowest BCUT2D eigenvalue weighted by molar-refractivity contribution is -0.117. The zero-order valence-corrected chi connectivity index (χ0v) is 18.4. The summed E-state index contributed by atoms with van der Waals surface area (Å²) in [7, 11) is 0. The SMILES string of the molecule is Cc1nc2cc([C@@H]3CCCCN3C(=O)c3ccccc3NC(=O)C3CC3)[nH]n2c(=O)c1C. The molecule has 2 aliphatic rings. The largest absolute Gasteiger partial charge is 0.330 e. The first-order chi connectivity index (χ1) is 15.4. The Labute approximate surface area is 185 Å². The summed E-state index contributed by atoms with van der Waals surface area (Å²) in [6.07, 6.45) is 4.51. The van der Waals surface area contributed by atoms with Crippen LogP contribution in [0.4, 0.5) is 5.69 Å². The maximum Gasteiger partial charge on any atom is 0.275 e. The molecule has 2 fully saturated rings. The number of para-hydroxylation sites is 1. The van der Waals surface area contributed by atoms with E-state index in [1.165, 1.54) is 4.52 Å². The molecule has 3 aromatic rings. The summed E-state index contributed by atoms with van der Waals surface area (Å²) in [6, 6.07) is 8.87. The summed E-state index contributed by atoms with van der Waals surface area (Å²) in [4.78, 5) is 45.0. The summed E-state index contributed by atoms with van der Waals surface area (Å²) < 4.78 is 1.46. The average molecular weight is 434 g/mol. The number of rotatable bonds is 4. The third-order valence-corrected chi connectivity index (χ3v) is 6.59. The second kappa shape index (κ2) is 7.93. The molecule has 0 spiro atoms. The van der Waals surface area contributed by atoms with Crippen LogP contribution < -0.4 is 10.9 Å². The minimum Gasteiger partial charge on any atom is -0.330 e. The van der Waals surface area contributed by atoms with Crippen LogP contribution in [0.1, 0.15) is 65.5 Å². The highest BCUT2D eigenvalue weighted by Crippen LogP contribution is 2.34. The number of likely N-dealkylation sites (tertiary alicyclic amines) is 1. The molecule has 2 N–H and O–H groups in total. The number of hydrogen-bond donors (Lipinski definition) is 2. The fourth-order valence-electron chi connectivity index (χ4n) is 4.42. The van der Waals surface area contributed by atoms with E-state index in [-0.39, 0.29) is 29.3 Å². The molecule has 1 saturated carbocycles. The van der Waals surface area contributed by atoms with Gasteiger partial charge in [0, 0.05) is 29.8 Å². The summed E-state index contributed by atoms with van der Waals surface area (Å²) in [5.41, 5.74) is 3.59. The van der Waals surface area contributed by atoms with Crippen LogP contribution in [0.3, 0.4) is 0 Å². The van der Waals surface area contributed by atoms with Crippen LogP contribution in [0, 0.1) is 19.8 Å². The quantitative estimate of drug-likeness (QED) is 0.659. The van der Waals surface area contributed by atoms with Crippen LogP contribution in [0.25, 0.3) is 5.65 Å². The van der Waals surface area contributed by atoms with Crippen molar-refractivity contribution < 1.29 is 9.59 Å². The van der Waals surface area contributed by atoms with E-state index < -0.39 is 0 Å².